The molecule has 0 N–H and O–H groups in total. The van der Waals surface area contributed by atoms with Crippen molar-refractivity contribution in [2.75, 3.05) is 0 Å². The number of rotatable bonds is 7. The third kappa shape index (κ3) is 7.17. The summed E-state index contributed by atoms with van der Waals surface area (Å²) >= 11 is 0. The average molecular weight is 1090 g/mol. The molecule has 0 radical (unpaired) electrons. The van der Waals surface area contributed by atoms with Crippen LogP contribution in [-0.4, -0.2) is 24.1 Å². The molecule has 7 heteroatoms. The number of hydrogen-bond donors (Lipinski definition) is 0. The smallest absolute Gasteiger partial charge is 0.164 e. The second-order valence-electron chi connectivity index (χ2n) is 23.1. The van der Waals surface area contributed by atoms with Crippen molar-refractivity contribution in [1.29, 1.82) is 0 Å². The van der Waals surface area contributed by atoms with Crippen molar-refractivity contribution in [3.05, 3.63) is 272 Å². The first-order chi connectivity index (χ1) is 41.9. The van der Waals surface area contributed by atoms with E-state index in [1.165, 1.54) is 49.3 Å². The van der Waals surface area contributed by atoms with Gasteiger partial charge in [0, 0.05) is 76.6 Å². The Morgan fingerprint density at radius 3 is 1.64 bits per heavy atom. The molecule has 0 spiro atoms. The van der Waals surface area contributed by atoms with Crippen molar-refractivity contribution in [1.82, 2.24) is 24.1 Å². The van der Waals surface area contributed by atoms with Crippen LogP contribution in [0.4, 0.5) is 0 Å². The molecule has 0 amide bonds. The summed E-state index contributed by atoms with van der Waals surface area (Å²) in [5, 5.41) is 8.95. The highest BCUT2D eigenvalue weighted by Gasteiger charge is 2.36. The van der Waals surface area contributed by atoms with Gasteiger partial charge in [-0.15, -0.1) is 0 Å². The first kappa shape index (κ1) is 47.5. The van der Waals surface area contributed by atoms with Crippen molar-refractivity contribution < 1.29 is 8.83 Å². The molecule has 1 aliphatic rings. The maximum absolute atomic E-state index is 6.76. The lowest BCUT2D eigenvalue weighted by atomic mass is 9.82. The summed E-state index contributed by atoms with van der Waals surface area (Å²) in [6, 6.07) is 93.1. The number of nitrogens with zero attached hydrogens (tertiary/aromatic N) is 5. The normalized spacial score (nSPS) is 12.9. The van der Waals surface area contributed by atoms with Gasteiger partial charge in [0.2, 0.25) is 0 Å². The molecule has 17 aromatic rings. The highest BCUT2D eigenvalue weighted by molar-refractivity contribution is 6.15. The third-order valence-corrected chi connectivity index (χ3v) is 18.0. The number of furan rings is 2. The van der Waals surface area contributed by atoms with Gasteiger partial charge in [0.15, 0.2) is 17.5 Å². The molecule has 0 bridgehead atoms. The van der Waals surface area contributed by atoms with Gasteiger partial charge < -0.3 is 18.0 Å². The van der Waals surface area contributed by atoms with E-state index in [0.29, 0.717) is 17.5 Å². The van der Waals surface area contributed by atoms with E-state index in [1.807, 2.05) is 24.3 Å². The Morgan fingerprint density at radius 2 is 0.812 bits per heavy atom. The van der Waals surface area contributed by atoms with Crippen LogP contribution in [0.5, 0.6) is 0 Å². The summed E-state index contributed by atoms with van der Waals surface area (Å²) in [7, 11) is 0. The molecule has 5 aromatic heterocycles. The van der Waals surface area contributed by atoms with Gasteiger partial charge in [0.05, 0.1) is 22.1 Å². The Morgan fingerprint density at radius 1 is 0.282 bits per heavy atom. The van der Waals surface area contributed by atoms with E-state index in [2.05, 4.69) is 260 Å². The molecule has 0 saturated heterocycles. The molecule has 7 nitrogen and oxygen atoms in total. The van der Waals surface area contributed by atoms with E-state index >= 15 is 0 Å². The Hall–Kier alpha value is -11.2. The lowest BCUT2D eigenvalue weighted by molar-refractivity contribution is 0.661. The van der Waals surface area contributed by atoms with Gasteiger partial charge in [-0.3, -0.25) is 0 Å². The Labute approximate surface area is 488 Å². The van der Waals surface area contributed by atoms with Gasteiger partial charge in [-0.25, -0.2) is 15.0 Å². The quantitative estimate of drug-likeness (QED) is 0.159. The fourth-order valence-corrected chi connectivity index (χ4v) is 13.9. The van der Waals surface area contributed by atoms with Crippen molar-refractivity contribution in [3.8, 4) is 78.9 Å². The number of fused-ring (bicyclic) bond motifs is 15. The average Bonchev–Trinajstić information content (AvgIpc) is 1.88. The van der Waals surface area contributed by atoms with Crippen LogP contribution >= 0.6 is 0 Å². The second-order valence-corrected chi connectivity index (χ2v) is 23.1. The maximum atomic E-state index is 6.76. The molecule has 0 atom stereocenters. The van der Waals surface area contributed by atoms with E-state index in [4.69, 9.17) is 23.8 Å². The maximum Gasteiger partial charge on any atom is 0.164 e. The fourth-order valence-electron chi connectivity index (χ4n) is 13.9. The number of para-hydroxylation sites is 4. The lowest BCUT2D eigenvalue weighted by Crippen LogP contribution is -2.14. The summed E-state index contributed by atoms with van der Waals surface area (Å²) in [5.41, 5.74) is 22.0. The zero-order valence-corrected chi connectivity index (χ0v) is 46.4. The van der Waals surface area contributed by atoms with E-state index in [-0.39, 0.29) is 5.41 Å². The van der Waals surface area contributed by atoms with E-state index < -0.39 is 0 Å². The van der Waals surface area contributed by atoms with Crippen LogP contribution in [-0.2, 0) is 5.41 Å². The third-order valence-electron chi connectivity index (χ3n) is 18.0. The minimum atomic E-state index is -0.141. The number of hydrogen-bond acceptors (Lipinski definition) is 5. The Balaban J connectivity index is 0.809. The number of aromatic nitrogens is 5. The van der Waals surface area contributed by atoms with Crippen molar-refractivity contribution in [2.24, 2.45) is 0 Å². The van der Waals surface area contributed by atoms with Gasteiger partial charge in [0.25, 0.3) is 0 Å². The van der Waals surface area contributed by atoms with Crippen molar-refractivity contribution >= 4 is 87.5 Å². The Bertz CT molecular complexity index is 5610. The predicted molar refractivity (Wildman–Crippen MR) is 348 cm³/mol. The predicted octanol–water partition coefficient (Wildman–Crippen LogP) is 20.5. The first-order valence-corrected chi connectivity index (χ1v) is 29.0. The summed E-state index contributed by atoms with van der Waals surface area (Å²) < 4.78 is 17.9. The zero-order chi connectivity index (χ0) is 56.1. The Kier molecular flexibility index (Phi) is 10.0. The monoisotopic (exact) mass is 1090 g/mol. The number of benzene rings is 12. The highest BCUT2D eigenvalue weighted by Crippen LogP contribution is 2.51. The lowest BCUT2D eigenvalue weighted by Gasteiger charge is -2.21. The van der Waals surface area contributed by atoms with Crippen molar-refractivity contribution in [2.45, 2.75) is 19.3 Å². The summed E-state index contributed by atoms with van der Waals surface area (Å²) in [6.45, 7) is 4.72. The van der Waals surface area contributed by atoms with E-state index in [0.717, 1.165) is 111 Å². The minimum Gasteiger partial charge on any atom is -0.456 e. The first-order valence-electron chi connectivity index (χ1n) is 29.0. The molecule has 0 fully saturated rings. The fraction of sp³-hybridized carbons (Fsp3) is 0.0385. The van der Waals surface area contributed by atoms with Crippen LogP contribution < -0.4 is 0 Å². The molecule has 398 valence electrons. The minimum absolute atomic E-state index is 0.141. The standard InChI is InChI=1S/C78H49N5O2/c1-78(2)64-28-10-6-23-54(64)60-45-69-62(44-65(60)78)61-41-47(34-37-68(61)82(69)52-20-4-3-5-21-52)48-35-38-71-63(42-48)74-59(27-16-32-72(74)84-71)77-80-75(50-18-14-17-46(39-50)49-33-36-58-57-26-9-13-31-70(57)85-73(58)43-49)79-76(81-77)51-19-15-22-53(40-51)83-66-29-11-7-24-55(66)56-25-8-12-30-67(56)83/h3-45H,1-2H3. The molecule has 0 unspecified atom stereocenters. The molecule has 18 rings (SSSR count). The molecular formula is C78H49N5O2. The topological polar surface area (TPSA) is 74.8 Å². The van der Waals surface area contributed by atoms with Gasteiger partial charge in [-0.1, -0.05) is 172 Å². The summed E-state index contributed by atoms with van der Waals surface area (Å²) in [4.78, 5) is 16.3. The van der Waals surface area contributed by atoms with Crippen LogP contribution in [0.2, 0.25) is 0 Å². The van der Waals surface area contributed by atoms with Gasteiger partial charge in [-0.2, -0.15) is 0 Å². The molecule has 85 heavy (non-hydrogen) atoms. The SMILES string of the molecule is CC1(C)c2ccccc2-c2cc3c(cc21)c1cc(-c2ccc4oc5cccc(-c6nc(-c7cccc(-c8ccc9c(c8)oc8ccccc89)c7)nc(-c7cccc(-n8c9ccccc9c9ccccc98)c7)n6)c5c4c2)ccc1n3-c1ccccc1. The van der Waals surface area contributed by atoms with Crippen LogP contribution in [0, 0.1) is 0 Å². The van der Waals surface area contributed by atoms with Crippen LogP contribution in [0.3, 0.4) is 0 Å². The molecule has 5 heterocycles. The molecular weight excluding hydrogens is 1040 g/mol. The van der Waals surface area contributed by atoms with Gasteiger partial charge >= 0.3 is 0 Å². The summed E-state index contributed by atoms with van der Waals surface area (Å²) in [6.07, 6.45) is 0. The van der Waals surface area contributed by atoms with Crippen LogP contribution in [0.25, 0.3) is 166 Å². The van der Waals surface area contributed by atoms with Crippen molar-refractivity contribution in [3.63, 3.8) is 0 Å². The molecule has 1 aliphatic carbocycles. The van der Waals surface area contributed by atoms with E-state index in [9.17, 15) is 0 Å². The highest BCUT2D eigenvalue weighted by atomic mass is 16.3. The van der Waals surface area contributed by atoms with E-state index in [1.54, 1.807) is 0 Å². The molecule has 0 aliphatic heterocycles. The zero-order valence-electron chi connectivity index (χ0n) is 46.4. The summed E-state index contributed by atoms with van der Waals surface area (Å²) in [5.74, 6) is 1.66. The van der Waals surface area contributed by atoms with Crippen LogP contribution in [0.1, 0.15) is 25.0 Å². The van der Waals surface area contributed by atoms with Crippen LogP contribution in [0.15, 0.2) is 270 Å². The van der Waals surface area contributed by atoms with Gasteiger partial charge in [0.1, 0.15) is 22.3 Å². The van der Waals surface area contributed by atoms with Gasteiger partial charge in [-0.05, 0) is 148 Å². The second kappa shape index (κ2) is 17.9. The molecule has 0 saturated carbocycles. The largest absolute Gasteiger partial charge is 0.456 e. The molecule has 12 aromatic carbocycles.